The highest BCUT2D eigenvalue weighted by molar-refractivity contribution is 6.32. The van der Waals surface area contributed by atoms with Gasteiger partial charge in [-0.15, -0.1) is 0 Å². The zero-order valence-electron chi connectivity index (χ0n) is 15.7. The maximum Gasteiger partial charge on any atom is 0.252 e. The van der Waals surface area contributed by atoms with Crippen molar-refractivity contribution in [3.8, 4) is 0 Å². The van der Waals surface area contributed by atoms with Crippen molar-refractivity contribution in [2.24, 2.45) is 4.99 Å². The van der Waals surface area contributed by atoms with Crippen LogP contribution in [-0.2, 0) is 9.59 Å². The van der Waals surface area contributed by atoms with Gasteiger partial charge in [-0.1, -0.05) is 71.7 Å². The van der Waals surface area contributed by atoms with Crippen molar-refractivity contribution in [2.75, 3.05) is 5.32 Å². The van der Waals surface area contributed by atoms with Crippen LogP contribution in [0.15, 0.2) is 77.8 Å². The molecule has 1 aliphatic rings. The van der Waals surface area contributed by atoms with Crippen LogP contribution in [0.2, 0.25) is 10.0 Å². The van der Waals surface area contributed by atoms with E-state index < -0.39 is 17.9 Å². The minimum Gasteiger partial charge on any atom is -0.339 e. The number of carbonyl (C=O) groups is 2. The summed E-state index contributed by atoms with van der Waals surface area (Å²) in [4.78, 5) is 30.3. The van der Waals surface area contributed by atoms with Gasteiger partial charge in [-0.25, -0.2) is 0 Å². The van der Waals surface area contributed by atoms with E-state index in [1.807, 2.05) is 36.4 Å². The Hall–Kier alpha value is -3.15. The molecule has 1 aliphatic heterocycles. The average Bonchev–Trinajstić information content (AvgIpc) is 2.89. The summed E-state index contributed by atoms with van der Waals surface area (Å²) >= 11 is 12.4. The number of hydrogen-bond acceptors (Lipinski definition) is 3. The fourth-order valence-electron chi connectivity index (χ4n) is 3.32. The molecular weight excluding hydrogens is 421 g/mol. The van der Waals surface area contributed by atoms with Crippen LogP contribution in [0.3, 0.4) is 0 Å². The van der Waals surface area contributed by atoms with Crippen molar-refractivity contribution in [2.45, 2.75) is 12.0 Å². The highest BCUT2D eigenvalue weighted by Gasteiger charge is 2.29. The monoisotopic (exact) mass is 437 g/mol. The van der Waals surface area contributed by atoms with E-state index in [4.69, 9.17) is 23.2 Å². The number of hydrogen-bond donors (Lipinski definition) is 2. The molecule has 0 spiro atoms. The first-order chi connectivity index (χ1) is 14.5. The molecule has 30 heavy (non-hydrogen) atoms. The van der Waals surface area contributed by atoms with Gasteiger partial charge in [0.2, 0.25) is 5.91 Å². The Morgan fingerprint density at radius 1 is 1.00 bits per heavy atom. The lowest BCUT2D eigenvalue weighted by atomic mass is 9.90. The summed E-state index contributed by atoms with van der Waals surface area (Å²) in [6.45, 7) is 0. The molecule has 0 aliphatic carbocycles. The van der Waals surface area contributed by atoms with Gasteiger partial charge in [0.15, 0.2) is 0 Å². The van der Waals surface area contributed by atoms with Crippen LogP contribution in [0.5, 0.6) is 0 Å². The maximum atomic E-state index is 13.3. The van der Waals surface area contributed by atoms with Gasteiger partial charge in [0.05, 0.1) is 17.3 Å². The highest BCUT2D eigenvalue weighted by Crippen LogP contribution is 2.32. The molecule has 2 amide bonds. The van der Waals surface area contributed by atoms with Crippen LogP contribution in [0, 0.1) is 0 Å². The molecule has 3 aromatic carbocycles. The number of fused-ring (bicyclic) bond motifs is 1. The van der Waals surface area contributed by atoms with Gasteiger partial charge in [0, 0.05) is 16.3 Å². The number of benzene rings is 3. The minimum atomic E-state index is -0.947. The van der Waals surface area contributed by atoms with Crippen molar-refractivity contribution < 1.29 is 9.59 Å². The van der Waals surface area contributed by atoms with E-state index in [0.717, 1.165) is 5.56 Å². The number of nitrogens with one attached hydrogen (secondary N) is 2. The number of rotatable bonds is 4. The first-order valence-corrected chi connectivity index (χ1v) is 10.0. The van der Waals surface area contributed by atoms with Crippen LogP contribution in [0.1, 0.15) is 17.0 Å². The van der Waals surface area contributed by atoms with Gasteiger partial charge in [0.25, 0.3) is 5.91 Å². The molecule has 0 radical (unpaired) electrons. The first-order valence-electron chi connectivity index (χ1n) is 9.27. The van der Waals surface area contributed by atoms with E-state index >= 15 is 0 Å². The molecule has 0 fully saturated rings. The van der Waals surface area contributed by atoms with Crippen molar-refractivity contribution in [1.29, 1.82) is 0 Å². The summed E-state index contributed by atoms with van der Waals surface area (Å²) in [7, 11) is 0. The quantitative estimate of drug-likeness (QED) is 0.604. The minimum absolute atomic E-state index is 0.357. The molecule has 2 N–H and O–H groups in total. The standard InChI is InChI=1S/C23H17Cl2N3O2/c24-15-10-11-18-19(12-15)27-22(29)20(13-26-18)28-23(30)21(14-6-2-1-3-7-14)16-8-4-5-9-17(16)25/h1-13,20-21H,(H,27,29)(H,28,30)/t20-,21-/m0/s1. The zero-order chi connectivity index (χ0) is 21.1. The summed E-state index contributed by atoms with van der Waals surface area (Å²) < 4.78 is 0. The normalized spacial score (nSPS) is 16.2. The predicted molar refractivity (Wildman–Crippen MR) is 120 cm³/mol. The molecule has 0 bridgehead atoms. The Balaban J connectivity index is 1.63. The highest BCUT2D eigenvalue weighted by atomic mass is 35.5. The number of amides is 2. The van der Waals surface area contributed by atoms with Gasteiger partial charge in [0.1, 0.15) is 6.04 Å². The SMILES string of the molecule is O=C(N[C@H]1C=Nc2ccc(Cl)cc2NC1=O)[C@@H](c1ccccc1)c1ccccc1Cl. The molecule has 1 heterocycles. The van der Waals surface area contributed by atoms with E-state index in [1.165, 1.54) is 6.21 Å². The summed E-state index contributed by atoms with van der Waals surface area (Å²) in [5, 5.41) is 6.51. The van der Waals surface area contributed by atoms with E-state index in [0.29, 0.717) is 27.0 Å². The second-order valence-electron chi connectivity index (χ2n) is 6.78. The van der Waals surface area contributed by atoms with Crippen molar-refractivity contribution in [3.05, 3.63) is 94.0 Å². The lowest BCUT2D eigenvalue weighted by molar-refractivity contribution is -0.125. The Kier molecular flexibility index (Phi) is 5.84. The first kappa shape index (κ1) is 20.1. The third-order valence-corrected chi connectivity index (χ3v) is 5.35. The van der Waals surface area contributed by atoms with Crippen molar-refractivity contribution in [1.82, 2.24) is 5.32 Å². The lowest BCUT2D eigenvalue weighted by Gasteiger charge is -2.21. The zero-order valence-corrected chi connectivity index (χ0v) is 17.2. The molecule has 2 atom stereocenters. The lowest BCUT2D eigenvalue weighted by Crippen LogP contribution is -2.46. The van der Waals surface area contributed by atoms with E-state index in [9.17, 15) is 9.59 Å². The molecule has 3 aromatic rings. The topological polar surface area (TPSA) is 70.6 Å². The molecular formula is C23H17Cl2N3O2. The molecule has 4 rings (SSSR count). The van der Waals surface area contributed by atoms with Crippen LogP contribution < -0.4 is 10.6 Å². The summed E-state index contributed by atoms with van der Waals surface area (Å²) in [5.41, 5.74) is 2.48. The van der Waals surface area contributed by atoms with Gasteiger partial charge >= 0.3 is 0 Å². The van der Waals surface area contributed by atoms with Crippen LogP contribution in [0.25, 0.3) is 0 Å². The second-order valence-corrected chi connectivity index (χ2v) is 7.62. The molecule has 150 valence electrons. The van der Waals surface area contributed by atoms with Crippen LogP contribution in [-0.4, -0.2) is 24.1 Å². The number of aliphatic imine (C=N–C) groups is 1. The molecule has 0 saturated heterocycles. The summed E-state index contributed by atoms with van der Waals surface area (Å²) in [6.07, 6.45) is 1.42. The largest absolute Gasteiger partial charge is 0.339 e. The Morgan fingerprint density at radius 2 is 1.73 bits per heavy atom. The smallest absolute Gasteiger partial charge is 0.252 e. The average molecular weight is 438 g/mol. The van der Waals surface area contributed by atoms with E-state index in [-0.39, 0.29) is 5.91 Å². The van der Waals surface area contributed by atoms with Crippen molar-refractivity contribution in [3.63, 3.8) is 0 Å². The summed E-state index contributed by atoms with van der Waals surface area (Å²) in [6, 6.07) is 20.5. The van der Waals surface area contributed by atoms with Gasteiger partial charge in [-0.3, -0.25) is 14.6 Å². The fourth-order valence-corrected chi connectivity index (χ4v) is 3.74. The van der Waals surface area contributed by atoms with E-state index in [2.05, 4.69) is 15.6 Å². The third kappa shape index (κ3) is 4.22. The number of anilines is 1. The molecule has 5 nitrogen and oxygen atoms in total. The van der Waals surface area contributed by atoms with Gasteiger partial charge < -0.3 is 10.6 Å². The molecule has 0 saturated carbocycles. The Bertz CT molecular complexity index is 1130. The number of carbonyl (C=O) groups excluding carboxylic acids is 2. The second kappa shape index (κ2) is 8.69. The molecule has 0 aromatic heterocycles. The third-order valence-electron chi connectivity index (χ3n) is 4.77. The predicted octanol–water partition coefficient (Wildman–Crippen LogP) is 4.96. The van der Waals surface area contributed by atoms with Crippen LogP contribution in [0.4, 0.5) is 11.4 Å². The maximum absolute atomic E-state index is 13.3. The van der Waals surface area contributed by atoms with E-state index in [1.54, 1.807) is 36.4 Å². The van der Waals surface area contributed by atoms with Gasteiger partial charge in [-0.2, -0.15) is 0 Å². The number of halogens is 2. The molecule has 0 unspecified atom stereocenters. The Morgan fingerprint density at radius 3 is 2.50 bits per heavy atom. The van der Waals surface area contributed by atoms with Crippen molar-refractivity contribution >= 4 is 52.6 Å². The molecule has 7 heteroatoms. The Labute approximate surface area is 183 Å². The number of nitrogens with zero attached hydrogens (tertiary/aromatic N) is 1. The van der Waals surface area contributed by atoms with Crippen LogP contribution >= 0.6 is 23.2 Å². The fraction of sp³-hybridized carbons (Fsp3) is 0.0870. The van der Waals surface area contributed by atoms with Gasteiger partial charge in [-0.05, 0) is 35.4 Å². The summed E-state index contributed by atoms with van der Waals surface area (Å²) in [5.74, 6) is -1.44.